The van der Waals surface area contributed by atoms with E-state index in [9.17, 15) is 0 Å². The molecule has 0 unspecified atom stereocenters. The van der Waals surface area contributed by atoms with Crippen LogP contribution in [0, 0.1) is 0 Å². The minimum atomic E-state index is -0.0881. The number of rotatable bonds is 7. The van der Waals surface area contributed by atoms with E-state index in [1.54, 1.807) is 0 Å². The molecule has 0 fully saturated rings. The van der Waals surface area contributed by atoms with Gasteiger partial charge in [0.25, 0.3) is 0 Å². The quantitative estimate of drug-likeness (QED) is 0.157. The van der Waals surface area contributed by atoms with Gasteiger partial charge in [-0.2, -0.15) is 0 Å². The van der Waals surface area contributed by atoms with Gasteiger partial charge in [-0.05, 0) is 99.1 Å². The number of nitrogens with zero attached hydrogens (tertiary/aromatic N) is 2. The molecule has 280 valence electrons. The van der Waals surface area contributed by atoms with Crippen molar-refractivity contribution >= 4 is 38.9 Å². The van der Waals surface area contributed by atoms with E-state index in [0.717, 1.165) is 28.3 Å². The number of fused-ring (bicyclic) bond motifs is 6. The van der Waals surface area contributed by atoms with Crippen LogP contribution in [0.3, 0.4) is 0 Å². The fourth-order valence-electron chi connectivity index (χ4n) is 9.56. The SMILES string of the molecule is CC1(C)c2ccccc2-c2ccc(N(c3ccccc3)c3ccc(-c4ccccc4-n4c5ccccc5c5cccc(-c6cccc(-c7ccccc7)c6)c54)cc3)cc21. The van der Waals surface area contributed by atoms with Gasteiger partial charge in [0.15, 0.2) is 0 Å². The van der Waals surface area contributed by atoms with Gasteiger partial charge in [0.2, 0.25) is 0 Å². The predicted octanol–water partition coefficient (Wildman–Crippen LogP) is 15.6. The Morgan fingerprint density at radius 3 is 1.76 bits per heavy atom. The second-order valence-corrected chi connectivity index (χ2v) is 16.1. The fourth-order valence-corrected chi connectivity index (χ4v) is 9.56. The van der Waals surface area contributed by atoms with Gasteiger partial charge in [0.1, 0.15) is 0 Å². The zero-order valence-electron chi connectivity index (χ0n) is 33.2. The first-order chi connectivity index (χ1) is 29.0. The van der Waals surface area contributed by atoms with Crippen molar-refractivity contribution in [2.45, 2.75) is 19.3 Å². The summed E-state index contributed by atoms with van der Waals surface area (Å²) in [6, 6.07) is 79.8. The standard InChI is InChI=1S/C57H42N2/c1-57(2)52-28-12-9-24-48(52)49-36-35-45(38-53(49)57)58(43-21-7-4-8-22-43)44-33-31-40(32-34-44)46-23-10-13-29-54(46)59-55-30-14-11-25-50(55)51-27-16-26-47(56(51)59)42-20-15-19-41(37-42)39-17-5-3-6-18-39/h3-38H,1-2H3. The molecule has 0 aliphatic heterocycles. The van der Waals surface area contributed by atoms with Gasteiger partial charge in [-0.3, -0.25) is 0 Å². The van der Waals surface area contributed by atoms with Crippen LogP contribution in [0.4, 0.5) is 17.1 Å². The molecule has 59 heavy (non-hydrogen) atoms. The summed E-state index contributed by atoms with van der Waals surface area (Å²) in [5.74, 6) is 0. The second-order valence-electron chi connectivity index (χ2n) is 16.1. The minimum absolute atomic E-state index is 0.0881. The first-order valence-corrected chi connectivity index (χ1v) is 20.5. The molecule has 1 aromatic heterocycles. The van der Waals surface area contributed by atoms with Crippen molar-refractivity contribution in [3.8, 4) is 50.2 Å². The Balaban J connectivity index is 1.04. The van der Waals surface area contributed by atoms with Crippen molar-refractivity contribution in [2.24, 2.45) is 0 Å². The third-order valence-corrected chi connectivity index (χ3v) is 12.4. The summed E-state index contributed by atoms with van der Waals surface area (Å²) in [5, 5.41) is 2.49. The topological polar surface area (TPSA) is 8.17 Å². The Morgan fingerprint density at radius 1 is 0.356 bits per heavy atom. The molecule has 2 nitrogen and oxygen atoms in total. The highest BCUT2D eigenvalue weighted by atomic mass is 15.1. The zero-order chi connectivity index (χ0) is 39.5. The van der Waals surface area contributed by atoms with Gasteiger partial charge >= 0.3 is 0 Å². The molecular formula is C57H42N2. The Morgan fingerprint density at radius 2 is 0.932 bits per heavy atom. The molecule has 0 bridgehead atoms. The lowest BCUT2D eigenvalue weighted by molar-refractivity contribution is 0.660. The molecule has 0 saturated carbocycles. The van der Waals surface area contributed by atoms with Crippen LogP contribution < -0.4 is 4.90 Å². The van der Waals surface area contributed by atoms with Crippen molar-refractivity contribution < 1.29 is 0 Å². The second kappa shape index (κ2) is 13.9. The summed E-state index contributed by atoms with van der Waals surface area (Å²) < 4.78 is 2.49. The Kier molecular flexibility index (Phi) is 8.20. The van der Waals surface area contributed by atoms with E-state index in [4.69, 9.17) is 0 Å². The highest BCUT2D eigenvalue weighted by Gasteiger charge is 2.35. The lowest BCUT2D eigenvalue weighted by Gasteiger charge is -2.28. The molecule has 10 aromatic rings. The van der Waals surface area contributed by atoms with E-state index in [1.807, 2.05) is 0 Å². The number of para-hydroxylation sites is 4. The lowest BCUT2D eigenvalue weighted by atomic mass is 9.82. The van der Waals surface area contributed by atoms with Crippen LogP contribution in [0.5, 0.6) is 0 Å². The van der Waals surface area contributed by atoms with Crippen LogP contribution in [0.1, 0.15) is 25.0 Å². The van der Waals surface area contributed by atoms with E-state index in [0.29, 0.717) is 0 Å². The van der Waals surface area contributed by atoms with E-state index in [1.165, 1.54) is 71.9 Å². The van der Waals surface area contributed by atoms with Gasteiger partial charge in [-0.15, -0.1) is 0 Å². The smallest absolute Gasteiger partial charge is 0.0619 e. The maximum absolute atomic E-state index is 2.49. The number of hydrogen-bond acceptors (Lipinski definition) is 1. The first-order valence-electron chi connectivity index (χ1n) is 20.5. The van der Waals surface area contributed by atoms with Crippen LogP contribution >= 0.6 is 0 Å². The highest BCUT2D eigenvalue weighted by molar-refractivity contribution is 6.14. The zero-order valence-corrected chi connectivity index (χ0v) is 33.2. The Labute approximate surface area is 345 Å². The van der Waals surface area contributed by atoms with Gasteiger partial charge in [0, 0.05) is 44.4 Å². The van der Waals surface area contributed by atoms with Crippen molar-refractivity contribution in [3.63, 3.8) is 0 Å². The van der Waals surface area contributed by atoms with Gasteiger partial charge in [0.05, 0.1) is 16.7 Å². The molecule has 0 spiro atoms. The van der Waals surface area contributed by atoms with Crippen molar-refractivity contribution in [1.29, 1.82) is 0 Å². The molecule has 2 heteroatoms. The molecule has 9 aromatic carbocycles. The van der Waals surface area contributed by atoms with Gasteiger partial charge in [-0.1, -0.05) is 178 Å². The van der Waals surface area contributed by atoms with Crippen LogP contribution in [0.15, 0.2) is 218 Å². The van der Waals surface area contributed by atoms with Crippen molar-refractivity contribution in [1.82, 2.24) is 4.57 Å². The fraction of sp³-hybridized carbons (Fsp3) is 0.0526. The molecule has 0 saturated heterocycles. The summed E-state index contributed by atoms with van der Waals surface area (Å²) in [4.78, 5) is 2.39. The van der Waals surface area contributed by atoms with Crippen LogP contribution in [0.2, 0.25) is 0 Å². The third-order valence-electron chi connectivity index (χ3n) is 12.4. The van der Waals surface area contributed by atoms with Crippen LogP contribution in [-0.4, -0.2) is 4.57 Å². The summed E-state index contributed by atoms with van der Waals surface area (Å²) in [7, 11) is 0. The minimum Gasteiger partial charge on any atom is -0.310 e. The molecule has 0 radical (unpaired) electrons. The van der Waals surface area contributed by atoms with E-state index >= 15 is 0 Å². The summed E-state index contributed by atoms with van der Waals surface area (Å²) in [6.45, 7) is 4.70. The average molecular weight is 755 g/mol. The summed E-state index contributed by atoms with van der Waals surface area (Å²) >= 11 is 0. The van der Waals surface area contributed by atoms with E-state index in [2.05, 4.69) is 242 Å². The summed E-state index contributed by atoms with van der Waals surface area (Å²) in [6.07, 6.45) is 0. The molecule has 1 aliphatic rings. The third kappa shape index (κ3) is 5.71. The molecule has 11 rings (SSSR count). The van der Waals surface area contributed by atoms with Crippen molar-refractivity contribution in [2.75, 3.05) is 4.90 Å². The number of aromatic nitrogens is 1. The normalized spacial score (nSPS) is 12.7. The molecular weight excluding hydrogens is 713 g/mol. The first kappa shape index (κ1) is 34.8. The maximum atomic E-state index is 2.49. The average Bonchev–Trinajstić information content (AvgIpc) is 3.76. The number of hydrogen-bond donors (Lipinski definition) is 0. The number of anilines is 3. The molecule has 1 aliphatic carbocycles. The highest BCUT2D eigenvalue weighted by Crippen LogP contribution is 2.51. The Bertz CT molecular complexity index is 3170. The van der Waals surface area contributed by atoms with Crippen LogP contribution in [-0.2, 0) is 5.41 Å². The van der Waals surface area contributed by atoms with Crippen LogP contribution in [0.25, 0.3) is 72.0 Å². The molecule has 0 atom stereocenters. The monoisotopic (exact) mass is 754 g/mol. The Hall–Kier alpha value is -7.42. The maximum Gasteiger partial charge on any atom is 0.0619 e. The molecule has 1 heterocycles. The van der Waals surface area contributed by atoms with E-state index < -0.39 is 0 Å². The largest absolute Gasteiger partial charge is 0.310 e. The predicted molar refractivity (Wildman–Crippen MR) is 249 cm³/mol. The lowest BCUT2D eigenvalue weighted by Crippen LogP contribution is -2.16. The summed E-state index contributed by atoms with van der Waals surface area (Å²) in [5.41, 5.74) is 19.4. The van der Waals surface area contributed by atoms with Crippen molar-refractivity contribution in [3.05, 3.63) is 230 Å². The molecule has 0 N–H and O–H groups in total. The van der Waals surface area contributed by atoms with Gasteiger partial charge < -0.3 is 9.47 Å². The number of benzene rings is 9. The van der Waals surface area contributed by atoms with Gasteiger partial charge in [-0.25, -0.2) is 0 Å². The molecule has 0 amide bonds. The van der Waals surface area contributed by atoms with E-state index in [-0.39, 0.29) is 5.41 Å².